The van der Waals surface area contributed by atoms with E-state index in [1.54, 1.807) is 6.20 Å². The topological polar surface area (TPSA) is 53.6 Å². The molecule has 2 heterocycles. The van der Waals surface area contributed by atoms with Crippen molar-refractivity contribution >= 4 is 57.0 Å². The van der Waals surface area contributed by atoms with Crippen molar-refractivity contribution in [3.63, 3.8) is 0 Å². The predicted octanol–water partition coefficient (Wildman–Crippen LogP) is 4.15. The first-order valence-electron chi connectivity index (χ1n) is 5.09. The Morgan fingerprint density at radius 1 is 1.28 bits per heavy atom. The number of nitrogens with zero attached hydrogens (tertiary/aromatic N) is 2. The molecule has 3 aromatic rings. The largest absolute Gasteiger partial charge is 0.331 e. The van der Waals surface area contributed by atoms with E-state index in [0.29, 0.717) is 10.7 Å². The smallest absolute Gasteiger partial charge is 0.190 e. The molecule has 0 spiro atoms. The fourth-order valence-electron chi connectivity index (χ4n) is 1.49. The second-order valence-corrected chi connectivity index (χ2v) is 5.67. The van der Waals surface area contributed by atoms with Gasteiger partial charge in [-0.25, -0.2) is 4.98 Å². The van der Waals surface area contributed by atoms with Crippen LogP contribution < -0.4 is 5.32 Å². The summed E-state index contributed by atoms with van der Waals surface area (Å²) in [5, 5.41) is 12.2. The van der Waals surface area contributed by atoms with Crippen LogP contribution in [0.15, 0.2) is 30.5 Å². The molecule has 4 nitrogen and oxygen atoms in total. The zero-order chi connectivity index (χ0) is 12.5. The Labute approximate surface area is 117 Å². The third kappa shape index (κ3) is 2.22. The van der Waals surface area contributed by atoms with E-state index in [9.17, 15) is 0 Å². The fourth-order valence-corrected chi connectivity index (χ4v) is 2.74. The lowest BCUT2D eigenvalue weighted by Crippen LogP contribution is -1.91. The summed E-state index contributed by atoms with van der Waals surface area (Å²) < 4.78 is 0.755. The normalized spacial score (nSPS) is 10.7. The predicted molar refractivity (Wildman–Crippen MR) is 77.3 cm³/mol. The molecule has 18 heavy (non-hydrogen) atoms. The van der Waals surface area contributed by atoms with Crippen molar-refractivity contribution in [1.29, 1.82) is 0 Å². The highest BCUT2D eigenvalue weighted by Gasteiger charge is 2.04. The summed E-state index contributed by atoms with van der Waals surface area (Å²) in [6, 6.07) is 7.41. The molecule has 7 heteroatoms. The molecule has 0 saturated heterocycles. The van der Waals surface area contributed by atoms with E-state index >= 15 is 0 Å². The van der Waals surface area contributed by atoms with Crippen LogP contribution in [-0.4, -0.2) is 15.2 Å². The van der Waals surface area contributed by atoms with E-state index < -0.39 is 0 Å². The van der Waals surface area contributed by atoms with Gasteiger partial charge >= 0.3 is 0 Å². The minimum absolute atomic E-state index is 0.690. The monoisotopic (exact) mass is 294 g/mol. The number of halogens is 1. The molecule has 2 N–H and O–H groups in total. The zero-order valence-corrected chi connectivity index (χ0v) is 11.4. The van der Waals surface area contributed by atoms with Gasteiger partial charge in [-0.2, -0.15) is 5.10 Å². The molecule has 90 valence electrons. The van der Waals surface area contributed by atoms with Gasteiger partial charge in [0.15, 0.2) is 10.8 Å². The van der Waals surface area contributed by atoms with Gasteiger partial charge in [-0.15, -0.1) is 0 Å². The molecule has 0 fully saturated rings. The highest BCUT2D eigenvalue weighted by Crippen LogP contribution is 2.24. The van der Waals surface area contributed by atoms with Gasteiger partial charge in [-0.1, -0.05) is 35.2 Å². The van der Waals surface area contributed by atoms with E-state index in [0.717, 1.165) is 20.0 Å². The van der Waals surface area contributed by atoms with Crippen LogP contribution in [0.4, 0.5) is 10.8 Å². The van der Waals surface area contributed by atoms with E-state index in [-0.39, 0.29) is 0 Å². The Kier molecular flexibility index (Phi) is 2.99. The molecular formula is C11H7ClN4S2. The van der Waals surface area contributed by atoms with E-state index in [4.69, 9.17) is 23.8 Å². The lowest BCUT2D eigenvalue weighted by atomic mass is 10.3. The van der Waals surface area contributed by atoms with Crippen LogP contribution in [0.3, 0.4) is 0 Å². The molecule has 0 aliphatic rings. The molecule has 1 aromatic carbocycles. The minimum atomic E-state index is 0.690. The maximum atomic E-state index is 5.83. The molecule has 0 atom stereocenters. The van der Waals surface area contributed by atoms with E-state index in [1.165, 1.54) is 11.3 Å². The lowest BCUT2D eigenvalue weighted by molar-refractivity contribution is 1.10. The average Bonchev–Trinajstić information content (AvgIpc) is 2.81. The quantitative estimate of drug-likeness (QED) is 0.697. The van der Waals surface area contributed by atoms with Gasteiger partial charge in [0, 0.05) is 10.7 Å². The molecule has 2 aromatic heterocycles. The van der Waals surface area contributed by atoms with Crippen LogP contribution in [0.25, 0.3) is 11.0 Å². The van der Waals surface area contributed by atoms with Gasteiger partial charge < -0.3 is 5.32 Å². The van der Waals surface area contributed by atoms with Crippen molar-refractivity contribution in [3.8, 4) is 0 Å². The number of anilines is 2. The number of aromatic amines is 1. The Morgan fingerprint density at radius 2 is 2.06 bits per heavy atom. The Bertz CT molecular complexity index is 748. The first kappa shape index (κ1) is 11.6. The highest BCUT2D eigenvalue weighted by molar-refractivity contribution is 7.74. The average molecular weight is 295 g/mol. The van der Waals surface area contributed by atoms with Crippen molar-refractivity contribution < 1.29 is 0 Å². The summed E-state index contributed by atoms with van der Waals surface area (Å²) >= 11 is 12.5. The van der Waals surface area contributed by atoms with Crippen LogP contribution in [0, 0.1) is 3.82 Å². The highest BCUT2D eigenvalue weighted by atomic mass is 35.5. The van der Waals surface area contributed by atoms with Gasteiger partial charge in [0.2, 0.25) is 0 Å². The molecule has 0 aliphatic heterocycles. The molecule has 0 radical (unpaired) electrons. The molecule has 0 bridgehead atoms. The number of hydrogen-bond donors (Lipinski definition) is 2. The lowest BCUT2D eigenvalue weighted by Gasteiger charge is -2.04. The maximum Gasteiger partial charge on any atom is 0.190 e. The molecule has 0 unspecified atom stereocenters. The Hall–Kier alpha value is -1.50. The van der Waals surface area contributed by atoms with Gasteiger partial charge in [-0.05, 0) is 24.3 Å². The van der Waals surface area contributed by atoms with Crippen LogP contribution in [0.2, 0.25) is 5.02 Å². The Balaban J connectivity index is 1.99. The van der Waals surface area contributed by atoms with Gasteiger partial charge in [0.1, 0.15) is 3.82 Å². The summed E-state index contributed by atoms with van der Waals surface area (Å²) in [5.41, 5.74) is 1.60. The van der Waals surface area contributed by atoms with Crippen LogP contribution >= 0.6 is 35.2 Å². The molecular weight excluding hydrogens is 288 g/mol. The van der Waals surface area contributed by atoms with Gasteiger partial charge in [0.25, 0.3) is 0 Å². The number of fused-ring (bicyclic) bond motifs is 1. The van der Waals surface area contributed by atoms with Crippen LogP contribution in [0.5, 0.6) is 0 Å². The first-order chi connectivity index (χ1) is 8.72. The second-order valence-electron chi connectivity index (χ2n) is 3.57. The van der Waals surface area contributed by atoms with Gasteiger partial charge in [-0.3, -0.25) is 5.10 Å². The van der Waals surface area contributed by atoms with E-state index in [2.05, 4.69) is 20.5 Å². The third-order valence-corrected chi connectivity index (χ3v) is 3.85. The Morgan fingerprint density at radius 3 is 2.83 bits per heavy atom. The third-order valence-electron chi connectivity index (χ3n) is 2.34. The van der Waals surface area contributed by atoms with Gasteiger partial charge in [0.05, 0.1) is 11.6 Å². The minimum Gasteiger partial charge on any atom is -0.331 e. The molecule has 0 aliphatic carbocycles. The van der Waals surface area contributed by atoms with Crippen molar-refractivity contribution in [1.82, 2.24) is 15.2 Å². The summed E-state index contributed by atoms with van der Waals surface area (Å²) in [4.78, 5) is 4.40. The summed E-state index contributed by atoms with van der Waals surface area (Å²) in [6.07, 6.45) is 1.69. The number of hydrogen-bond acceptors (Lipinski definition) is 5. The maximum absolute atomic E-state index is 5.83. The SMILES string of the molecule is S=c1sc(Nc2ccc(Cl)cc2)nc2[nH]ncc12. The zero-order valence-electron chi connectivity index (χ0n) is 8.98. The number of aromatic nitrogens is 3. The summed E-state index contributed by atoms with van der Waals surface area (Å²) in [5.74, 6) is 0. The number of nitrogens with one attached hydrogen (secondary N) is 2. The molecule has 3 rings (SSSR count). The second kappa shape index (κ2) is 4.64. The van der Waals surface area contributed by atoms with Crippen LogP contribution in [-0.2, 0) is 0 Å². The van der Waals surface area contributed by atoms with E-state index in [1.807, 2.05) is 24.3 Å². The van der Waals surface area contributed by atoms with Crippen molar-refractivity contribution in [2.24, 2.45) is 0 Å². The molecule has 0 amide bonds. The standard InChI is InChI=1S/C11H7ClN4S2/c12-6-1-3-7(4-2-6)14-11-15-9-8(5-13-16-9)10(17)18-11/h1-5H,(H2,13,14,15,16). The molecule has 0 saturated carbocycles. The van der Waals surface area contributed by atoms with Crippen molar-refractivity contribution in [2.45, 2.75) is 0 Å². The summed E-state index contributed by atoms with van der Waals surface area (Å²) in [6.45, 7) is 0. The number of benzene rings is 1. The van der Waals surface area contributed by atoms with Crippen molar-refractivity contribution in [3.05, 3.63) is 39.3 Å². The van der Waals surface area contributed by atoms with Crippen molar-refractivity contribution in [2.75, 3.05) is 5.32 Å². The van der Waals surface area contributed by atoms with Crippen LogP contribution in [0.1, 0.15) is 0 Å². The number of H-pyrrole nitrogens is 1. The first-order valence-corrected chi connectivity index (χ1v) is 6.69. The fraction of sp³-hybridized carbons (Fsp3) is 0. The number of rotatable bonds is 2. The summed E-state index contributed by atoms with van der Waals surface area (Å²) in [7, 11) is 0.